The molecule has 10 heavy (non-hydrogen) atoms. The summed E-state index contributed by atoms with van der Waals surface area (Å²) in [6.45, 7) is 1.51. The Morgan fingerprint density at radius 3 is 2.60 bits per heavy atom. The lowest BCUT2D eigenvalue weighted by Gasteiger charge is -2.07. The molecular weight excluding hydrogens is 135 g/mol. The smallest absolute Gasteiger partial charge is 0.314 e. The molecule has 0 N–H and O–H groups in total. The van der Waals surface area contributed by atoms with Crippen LogP contribution in [0, 0.1) is 5.41 Å². The topological polar surface area (TPSA) is 26.3 Å². The Morgan fingerprint density at radius 1 is 1.70 bits per heavy atom. The lowest BCUT2D eigenvalue weighted by Crippen LogP contribution is -2.20. The van der Waals surface area contributed by atoms with Gasteiger partial charge in [-0.3, -0.25) is 4.79 Å². The molecule has 0 aromatic rings. The standard InChI is InChI=1S/C7H11FO2/c1-2-10-6(9)7(5-8)3-4-7/h2-5H2,1H3. The Bertz CT molecular complexity index is 141. The van der Waals surface area contributed by atoms with E-state index in [1.54, 1.807) is 6.92 Å². The highest BCUT2D eigenvalue weighted by Crippen LogP contribution is 2.46. The number of hydrogen-bond donors (Lipinski definition) is 0. The zero-order valence-corrected chi connectivity index (χ0v) is 6.02. The Morgan fingerprint density at radius 2 is 2.30 bits per heavy atom. The van der Waals surface area contributed by atoms with Crippen molar-refractivity contribution in [3.8, 4) is 0 Å². The van der Waals surface area contributed by atoms with Crippen molar-refractivity contribution < 1.29 is 13.9 Å². The van der Waals surface area contributed by atoms with E-state index in [1.165, 1.54) is 0 Å². The van der Waals surface area contributed by atoms with E-state index >= 15 is 0 Å². The van der Waals surface area contributed by atoms with Gasteiger partial charge in [0.25, 0.3) is 0 Å². The Balaban J connectivity index is 2.40. The number of alkyl halides is 1. The van der Waals surface area contributed by atoms with E-state index in [0.717, 1.165) is 0 Å². The molecule has 0 spiro atoms. The summed E-state index contributed by atoms with van der Waals surface area (Å²) in [6, 6.07) is 0. The molecule has 0 aromatic carbocycles. The first kappa shape index (κ1) is 7.51. The molecule has 0 amide bonds. The first-order valence-electron chi connectivity index (χ1n) is 3.48. The minimum absolute atomic E-state index is 0.348. The molecule has 2 nitrogen and oxygen atoms in total. The van der Waals surface area contributed by atoms with E-state index in [4.69, 9.17) is 0 Å². The normalized spacial score (nSPS) is 20.2. The minimum atomic E-state index is -0.726. The fraction of sp³-hybridized carbons (Fsp3) is 0.857. The summed E-state index contributed by atoms with van der Waals surface area (Å²) >= 11 is 0. The second-order valence-corrected chi connectivity index (χ2v) is 2.63. The Hall–Kier alpha value is -0.600. The summed E-state index contributed by atoms with van der Waals surface area (Å²) in [4.78, 5) is 10.9. The molecule has 1 saturated carbocycles. The fourth-order valence-electron chi connectivity index (χ4n) is 0.827. The highest BCUT2D eigenvalue weighted by molar-refractivity contribution is 5.79. The molecule has 0 atom stereocenters. The summed E-state index contributed by atoms with van der Waals surface area (Å²) in [5, 5.41) is 0. The summed E-state index contributed by atoms with van der Waals surface area (Å²) in [7, 11) is 0. The maximum atomic E-state index is 12.1. The van der Waals surface area contributed by atoms with Gasteiger partial charge in [-0.15, -0.1) is 0 Å². The van der Waals surface area contributed by atoms with E-state index in [9.17, 15) is 9.18 Å². The maximum absolute atomic E-state index is 12.1. The zero-order valence-electron chi connectivity index (χ0n) is 6.02. The van der Waals surface area contributed by atoms with Gasteiger partial charge in [0.2, 0.25) is 0 Å². The fourth-order valence-corrected chi connectivity index (χ4v) is 0.827. The first-order chi connectivity index (χ1) is 4.75. The lowest BCUT2D eigenvalue weighted by molar-refractivity contribution is -0.150. The highest BCUT2D eigenvalue weighted by Gasteiger charge is 2.51. The molecule has 0 saturated heterocycles. The number of esters is 1. The van der Waals surface area contributed by atoms with Crippen LogP contribution in [0.25, 0.3) is 0 Å². The average molecular weight is 146 g/mol. The number of halogens is 1. The second-order valence-electron chi connectivity index (χ2n) is 2.63. The third-order valence-corrected chi connectivity index (χ3v) is 1.82. The van der Waals surface area contributed by atoms with E-state index in [1.807, 2.05) is 0 Å². The molecule has 1 rings (SSSR count). The molecule has 0 heterocycles. The third kappa shape index (κ3) is 1.13. The van der Waals surface area contributed by atoms with Crippen LogP contribution in [0.15, 0.2) is 0 Å². The number of carbonyl (C=O) groups excluding carboxylic acids is 1. The van der Waals surface area contributed by atoms with Gasteiger partial charge in [-0.2, -0.15) is 0 Å². The second kappa shape index (κ2) is 2.56. The molecular formula is C7H11FO2. The van der Waals surface area contributed by atoms with Crippen molar-refractivity contribution in [2.75, 3.05) is 13.3 Å². The summed E-state index contributed by atoms with van der Waals surface area (Å²) in [6.07, 6.45) is 1.31. The first-order valence-corrected chi connectivity index (χ1v) is 3.48. The van der Waals surface area contributed by atoms with Gasteiger partial charge in [0, 0.05) is 0 Å². The van der Waals surface area contributed by atoms with Crippen molar-refractivity contribution in [2.24, 2.45) is 5.41 Å². The summed E-state index contributed by atoms with van der Waals surface area (Å²) in [5.41, 5.74) is -0.726. The van der Waals surface area contributed by atoms with Crippen LogP contribution in [-0.2, 0) is 9.53 Å². The largest absolute Gasteiger partial charge is 0.465 e. The molecule has 0 aromatic heterocycles. The van der Waals surface area contributed by atoms with Gasteiger partial charge in [-0.05, 0) is 19.8 Å². The van der Waals surface area contributed by atoms with Crippen molar-refractivity contribution in [2.45, 2.75) is 19.8 Å². The molecule has 0 bridgehead atoms. The van der Waals surface area contributed by atoms with Crippen molar-refractivity contribution in [1.82, 2.24) is 0 Å². The van der Waals surface area contributed by atoms with Gasteiger partial charge in [-0.1, -0.05) is 0 Å². The van der Waals surface area contributed by atoms with Crippen molar-refractivity contribution in [1.29, 1.82) is 0 Å². The van der Waals surface area contributed by atoms with Crippen molar-refractivity contribution in [3.05, 3.63) is 0 Å². The zero-order chi connectivity index (χ0) is 7.61. The predicted octanol–water partition coefficient (Wildman–Crippen LogP) is 1.30. The van der Waals surface area contributed by atoms with Crippen LogP contribution < -0.4 is 0 Å². The molecule has 0 radical (unpaired) electrons. The van der Waals surface area contributed by atoms with Gasteiger partial charge in [0.1, 0.15) is 6.67 Å². The van der Waals surface area contributed by atoms with Crippen LogP contribution in [0.4, 0.5) is 4.39 Å². The minimum Gasteiger partial charge on any atom is -0.465 e. The molecule has 1 fully saturated rings. The molecule has 1 aliphatic rings. The molecule has 0 aliphatic heterocycles. The average Bonchev–Trinajstić information content (AvgIpc) is 2.68. The van der Waals surface area contributed by atoms with Gasteiger partial charge in [0.15, 0.2) is 0 Å². The molecule has 0 unspecified atom stereocenters. The maximum Gasteiger partial charge on any atom is 0.314 e. The van der Waals surface area contributed by atoms with E-state index in [0.29, 0.717) is 19.4 Å². The van der Waals surface area contributed by atoms with Crippen LogP contribution in [0.5, 0.6) is 0 Å². The molecule has 58 valence electrons. The van der Waals surface area contributed by atoms with Crippen LogP contribution in [0.1, 0.15) is 19.8 Å². The third-order valence-electron chi connectivity index (χ3n) is 1.82. The van der Waals surface area contributed by atoms with Crippen LogP contribution in [0.2, 0.25) is 0 Å². The number of rotatable bonds is 3. The highest BCUT2D eigenvalue weighted by atomic mass is 19.1. The van der Waals surface area contributed by atoms with Gasteiger partial charge < -0.3 is 4.74 Å². The van der Waals surface area contributed by atoms with Crippen LogP contribution >= 0.6 is 0 Å². The van der Waals surface area contributed by atoms with Crippen LogP contribution in [0.3, 0.4) is 0 Å². The predicted molar refractivity (Wildman–Crippen MR) is 34.3 cm³/mol. The van der Waals surface area contributed by atoms with Crippen molar-refractivity contribution in [3.63, 3.8) is 0 Å². The summed E-state index contributed by atoms with van der Waals surface area (Å²) in [5.74, 6) is -0.363. The van der Waals surface area contributed by atoms with Crippen molar-refractivity contribution >= 4 is 5.97 Å². The number of hydrogen-bond acceptors (Lipinski definition) is 2. The molecule has 1 aliphatic carbocycles. The Labute approximate surface area is 59.4 Å². The van der Waals surface area contributed by atoms with Gasteiger partial charge in [0.05, 0.1) is 12.0 Å². The van der Waals surface area contributed by atoms with Gasteiger partial charge in [-0.25, -0.2) is 4.39 Å². The number of carbonyl (C=O) groups is 1. The van der Waals surface area contributed by atoms with E-state index in [2.05, 4.69) is 4.74 Å². The van der Waals surface area contributed by atoms with Crippen LogP contribution in [-0.4, -0.2) is 19.3 Å². The quantitative estimate of drug-likeness (QED) is 0.561. The monoisotopic (exact) mass is 146 g/mol. The lowest BCUT2D eigenvalue weighted by atomic mass is 10.1. The molecule has 3 heteroatoms. The van der Waals surface area contributed by atoms with E-state index < -0.39 is 12.1 Å². The SMILES string of the molecule is CCOC(=O)C1(CF)CC1. The van der Waals surface area contributed by atoms with Gasteiger partial charge >= 0.3 is 5.97 Å². The summed E-state index contributed by atoms with van der Waals surface area (Å²) < 4.78 is 16.8. The van der Waals surface area contributed by atoms with E-state index in [-0.39, 0.29) is 5.97 Å². The number of ether oxygens (including phenoxy) is 1. The Kier molecular flexibility index (Phi) is 1.92.